The van der Waals surface area contributed by atoms with Gasteiger partial charge in [0.05, 0.1) is 0 Å². The van der Waals surface area contributed by atoms with E-state index in [4.69, 9.17) is 0 Å². The van der Waals surface area contributed by atoms with Crippen LogP contribution in [0, 0.1) is 19.3 Å². The van der Waals surface area contributed by atoms with E-state index in [1.54, 1.807) is 0 Å². The van der Waals surface area contributed by atoms with Crippen molar-refractivity contribution in [3.8, 4) is 0 Å². The summed E-state index contributed by atoms with van der Waals surface area (Å²) < 4.78 is 0. The lowest BCUT2D eigenvalue weighted by molar-refractivity contribution is 0.0891. The molecule has 140 valence electrons. The molecular weight excluding hydrogens is 324 g/mol. The molecule has 0 aliphatic carbocycles. The van der Waals surface area contributed by atoms with Crippen molar-refractivity contribution >= 4 is 17.5 Å². The van der Waals surface area contributed by atoms with Crippen molar-refractivity contribution in [3.63, 3.8) is 0 Å². The van der Waals surface area contributed by atoms with Crippen LogP contribution in [-0.2, 0) is 0 Å². The number of rotatable bonds is 5. The fraction of sp³-hybridized carbons (Fsp3) is 0.476. The molecule has 0 fully saturated rings. The number of nitrogens with one attached hydrogen (secondary N) is 2. The first-order valence-corrected chi connectivity index (χ1v) is 8.95. The third-order valence-electron chi connectivity index (χ3n) is 3.79. The molecule has 0 saturated heterocycles. The Hall–Kier alpha value is -2.43. The first-order chi connectivity index (χ1) is 11.9. The van der Waals surface area contributed by atoms with E-state index in [0.29, 0.717) is 11.5 Å². The number of aryl methyl sites for hydroxylation is 2. The number of hydrogen-bond donors (Lipinski definition) is 2. The highest BCUT2D eigenvalue weighted by molar-refractivity contribution is 5.95. The molecule has 26 heavy (non-hydrogen) atoms. The van der Waals surface area contributed by atoms with Crippen molar-refractivity contribution in [1.82, 2.24) is 15.3 Å². The molecule has 2 aromatic rings. The lowest BCUT2D eigenvalue weighted by Gasteiger charge is -2.33. The van der Waals surface area contributed by atoms with Gasteiger partial charge in [-0.1, -0.05) is 26.8 Å². The number of amides is 1. The minimum absolute atomic E-state index is 0.0794. The molecule has 0 aliphatic rings. The third-order valence-corrected chi connectivity index (χ3v) is 3.79. The Morgan fingerprint density at radius 2 is 1.62 bits per heavy atom. The maximum absolute atomic E-state index is 12.7. The van der Waals surface area contributed by atoms with Crippen molar-refractivity contribution < 1.29 is 4.79 Å². The van der Waals surface area contributed by atoms with Gasteiger partial charge in [-0.2, -0.15) is 0 Å². The van der Waals surface area contributed by atoms with E-state index in [0.717, 1.165) is 23.5 Å². The Labute approximate surface area is 156 Å². The van der Waals surface area contributed by atoms with Gasteiger partial charge in [0.1, 0.15) is 0 Å². The number of carbonyl (C=O) groups excluding carboxylic acids is 1. The Balaban J connectivity index is 2.14. The highest BCUT2D eigenvalue weighted by Gasteiger charge is 2.27. The first kappa shape index (κ1) is 19.9. The van der Waals surface area contributed by atoms with Crippen LogP contribution >= 0.6 is 0 Å². The molecule has 0 radical (unpaired) electrons. The quantitative estimate of drug-likeness (QED) is 0.811. The first-order valence-electron chi connectivity index (χ1n) is 8.95. The highest BCUT2D eigenvalue weighted by Crippen LogP contribution is 2.27. The molecular formula is C21H30N4O. The van der Waals surface area contributed by atoms with Gasteiger partial charge in [0, 0.05) is 28.2 Å². The normalized spacial score (nSPS) is 12.0. The summed E-state index contributed by atoms with van der Waals surface area (Å²) in [5, 5.41) is 6.32. The summed E-state index contributed by atoms with van der Waals surface area (Å²) in [7, 11) is 0. The topological polar surface area (TPSA) is 66.9 Å². The van der Waals surface area contributed by atoms with Gasteiger partial charge in [-0.05, 0) is 63.8 Å². The smallest absolute Gasteiger partial charge is 0.251 e. The molecule has 0 atom stereocenters. The molecule has 5 nitrogen and oxygen atoms in total. The molecule has 0 saturated carbocycles. The summed E-state index contributed by atoms with van der Waals surface area (Å²) in [6.07, 6.45) is 0.889. The Morgan fingerprint density at radius 3 is 2.19 bits per heavy atom. The van der Waals surface area contributed by atoms with Crippen molar-refractivity contribution in [2.45, 2.75) is 60.4 Å². The van der Waals surface area contributed by atoms with Crippen molar-refractivity contribution in [2.24, 2.45) is 5.41 Å². The van der Waals surface area contributed by atoms with Crippen LogP contribution in [-0.4, -0.2) is 21.4 Å². The second kappa shape index (κ2) is 7.44. The molecule has 2 N–H and O–H groups in total. The number of benzene rings is 1. The number of hydrogen-bond acceptors (Lipinski definition) is 4. The van der Waals surface area contributed by atoms with E-state index in [1.165, 1.54) is 0 Å². The molecule has 5 heteroatoms. The summed E-state index contributed by atoms with van der Waals surface area (Å²) in [6, 6.07) is 9.32. The van der Waals surface area contributed by atoms with E-state index in [9.17, 15) is 4.79 Å². The monoisotopic (exact) mass is 354 g/mol. The van der Waals surface area contributed by atoms with Gasteiger partial charge >= 0.3 is 0 Å². The van der Waals surface area contributed by atoms with Crippen LogP contribution in [0.5, 0.6) is 0 Å². The van der Waals surface area contributed by atoms with Crippen molar-refractivity contribution in [1.29, 1.82) is 0 Å². The maximum Gasteiger partial charge on any atom is 0.251 e. The fourth-order valence-electron chi connectivity index (χ4n) is 3.40. The van der Waals surface area contributed by atoms with Crippen molar-refractivity contribution in [2.75, 3.05) is 5.32 Å². The van der Waals surface area contributed by atoms with Gasteiger partial charge in [0.25, 0.3) is 5.91 Å². The lowest BCUT2D eigenvalue weighted by Crippen LogP contribution is -2.45. The summed E-state index contributed by atoms with van der Waals surface area (Å²) in [6.45, 7) is 14.5. The molecule has 1 heterocycles. The molecule has 0 unspecified atom stereocenters. The summed E-state index contributed by atoms with van der Waals surface area (Å²) in [4.78, 5) is 21.5. The van der Waals surface area contributed by atoms with Crippen LogP contribution in [0.1, 0.15) is 62.8 Å². The van der Waals surface area contributed by atoms with Gasteiger partial charge < -0.3 is 10.6 Å². The largest absolute Gasteiger partial charge is 0.347 e. The minimum Gasteiger partial charge on any atom is -0.347 e. The van der Waals surface area contributed by atoms with E-state index in [2.05, 4.69) is 55.2 Å². The van der Waals surface area contributed by atoms with Crippen LogP contribution in [0.4, 0.5) is 11.6 Å². The summed E-state index contributed by atoms with van der Waals surface area (Å²) in [5.41, 5.74) is 3.06. The van der Waals surface area contributed by atoms with Gasteiger partial charge in [-0.25, -0.2) is 9.97 Å². The SMILES string of the molecule is Cc1cc(C)nc(Nc2cccc(C(=O)NC(C)(C)CC(C)(C)C)c2)n1. The predicted octanol–water partition coefficient (Wildman–Crippen LogP) is 4.78. The van der Waals surface area contributed by atoms with E-state index < -0.39 is 0 Å². The minimum atomic E-state index is -0.282. The zero-order valence-electron chi connectivity index (χ0n) is 16.9. The van der Waals surface area contributed by atoms with E-state index in [-0.39, 0.29) is 16.9 Å². The van der Waals surface area contributed by atoms with Crippen LogP contribution in [0.2, 0.25) is 0 Å². The zero-order valence-corrected chi connectivity index (χ0v) is 16.9. The number of aromatic nitrogens is 2. The van der Waals surface area contributed by atoms with Gasteiger partial charge in [0.15, 0.2) is 0 Å². The van der Waals surface area contributed by atoms with E-state index >= 15 is 0 Å². The molecule has 1 aromatic carbocycles. The van der Waals surface area contributed by atoms with E-state index in [1.807, 2.05) is 44.2 Å². The van der Waals surface area contributed by atoms with Gasteiger partial charge in [0.2, 0.25) is 5.95 Å². The molecule has 1 aromatic heterocycles. The predicted molar refractivity (Wildman–Crippen MR) is 107 cm³/mol. The van der Waals surface area contributed by atoms with Crippen LogP contribution in [0.15, 0.2) is 30.3 Å². The molecule has 2 rings (SSSR count). The standard InChI is InChI=1S/C21H30N4O/c1-14-11-15(2)23-19(22-14)24-17-10-8-9-16(12-17)18(26)25-21(6,7)13-20(3,4)5/h8-12H,13H2,1-7H3,(H,25,26)(H,22,23,24). The van der Waals surface area contributed by atoms with Crippen LogP contribution in [0.25, 0.3) is 0 Å². The second-order valence-corrected chi connectivity index (χ2v) is 8.76. The van der Waals surface area contributed by atoms with Gasteiger partial charge in [-0.3, -0.25) is 4.79 Å². The molecule has 0 spiro atoms. The Bertz CT molecular complexity index is 771. The summed E-state index contributed by atoms with van der Waals surface area (Å²) in [5.74, 6) is 0.456. The molecule has 1 amide bonds. The zero-order chi connectivity index (χ0) is 19.5. The molecule has 0 bridgehead atoms. The number of carbonyl (C=O) groups is 1. The van der Waals surface area contributed by atoms with Gasteiger partial charge in [-0.15, -0.1) is 0 Å². The Morgan fingerprint density at radius 1 is 1.00 bits per heavy atom. The highest BCUT2D eigenvalue weighted by atomic mass is 16.1. The average Bonchev–Trinajstić information content (AvgIpc) is 2.43. The third kappa shape index (κ3) is 6.14. The second-order valence-electron chi connectivity index (χ2n) is 8.76. The number of anilines is 2. The summed E-state index contributed by atoms with van der Waals surface area (Å²) >= 11 is 0. The number of nitrogens with zero attached hydrogens (tertiary/aromatic N) is 2. The fourth-order valence-corrected chi connectivity index (χ4v) is 3.40. The lowest BCUT2D eigenvalue weighted by atomic mass is 9.81. The van der Waals surface area contributed by atoms with Crippen LogP contribution < -0.4 is 10.6 Å². The van der Waals surface area contributed by atoms with Crippen molar-refractivity contribution in [3.05, 3.63) is 47.3 Å². The van der Waals surface area contributed by atoms with Crippen LogP contribution in [0.3, 0.4) is 0 Å². The Kier molecular flexibility index (Phi) is 5.69. The molecule has 0 aliphatic heterocycles. The average molecular weight is 354 g/mol. The maximum atomic E-state index is 12.7.